The number of alkyl halides is 4. The fraction of sp³-hybridized carbons (Fsp3) is 0.857. The lowest BCUT2D eigenvalue weighted by Gasteiger charge is -2.18. The van der Waals surface area contributed by atoms with Gasteiger partial charge in [0.2, 0.25) is 23.6 Å². The minimum absolute atomic E-state index is 0.123. The van der Waals surface area contributed by atoms with Crippen molar-refractivity contribution in [2.45, 2.75) is 129 Å². The molecule has 44 heavy (non-hydrogen) atoms. The van der Waals surface area contributed by atoms with Crippen molar-refractivity contribution in [3.05, 3.63) is 0 Å². The van der Waals surface area contributed by atoms with Gasteiger partial charge in [-0.05, 0) is 27.7 Å². The predicted octanol–water partition coefficient (Wildman–Crippen LogP) is -0.256. The van der Waals surface area contributed by atoms with E-state index in [9.17, 15) is 36.7 Å². The van der Waals surface area contributed by atoms with Gasteiger partial charge in [0.25, 0.3) is 0 Å². The van der Waals surface area contributed by atoms with Crippen molar-refractivity contribution in [2.24, 2.45) is 0 Å². The van der Waals surface area contributed by atoms with Gasteiger partial charge in [-0.1, -0.05) is 0 Å². The van der Waals surface area contributed by atoms with Gasteiger partial charge in [0.05, 0.1) is 24.2 Å². The van der Waals surface area contributed by atoms with Gasteiger partial charge in [-0.25, -0.2) is 17.6 Å². The number of carbonyl (C=O) groups is 4. The molecule has 0 aromatic rings. The fourth-order valence-electron chi connectivity index (χ4n) is 5.51. The van der Waals surface area contributed by atoms with Crippen LogP contribution in [0.15, 0.2) is 0 Å². The van der Waals surface area contributed by atoms with Crippen LogP contribution in [0.4, 0.5) is 17.6 Å². The number of aliphatic hydroxyl groups excluding tert-OH is 4. The number of hydrogen-bond donors (Lipinski definition) is 4. The second-order valence-corrected chi connectivity index (χ2v) is 11.7. The lowest BCUT2D eigenvalue weighted by atomic mass is 10.2. The summed E-state index contributed by atoms with van der Waals surface area (Å²) < 4.78 is 51.5. The molecule has 256 valence electrons. The van der Waals surface area contributed by atoms with Crippen molar-refractivity contribution in [1.82, 2.24) is 19.6 Å². The van der Waals surface area contributed by atoms with E-state index in [-0.39, 0.29) is 49.8 Å². The Bertz CT molecular complexity index is 847. The molecular weight excluding hydrogens is 596 g/mol. The molecule has 0 saturated carbocycles. The van der Waals surface area contributed by atoms with Gasteiger partial charge in [0.1, 0.15) is 49.1 Å². The van der Waals surface area contributed by atoms with E-state index in [0.717, 1.165) is 0 Å². The molecule has 4 amide bonds. The first-order chi connectivity index (χ1) is 20.1. The summed E-state index contributed by atoms with van der Waals surface area (Å²) in [5, 5.41) is 36.1. The van der Waals surface area contributed by atoms with E-state index in [2.05, 4.69) is 0 Å². The Morgan fingerprint density at radius 2 is 0.568 bits per heavy atom. The number of amides is 4. The summed E-state index contributed by atoms with van der Waals surface area (Å²) in [6.07, 6.45) is -9.19. The third kappa shape index (κ3) is 9.72. The second kappa shape index (κ2) is 16.7. The van der Waals surface area contributed by atoms with Gasteiger partial charge in [-0.2, -0.15) is 0 Å². The first-order valence-electron chi connectivity index (χ1n) is 14.5. The van der Waals surface area contributed by atoms with Gasteiger partial charge in [0.15, 0.2) is 0 Å². The summed E-state index contributed by atoms with van der Waals surface area (Å²) >= 11 is 0. The molecule has 0 aliphatic carbocycles. The van der Waals surface area contributed by atoms with E-state index < -0.39 is 73.3 Å². The zero-order chi connectivity index (χ0) is 34.4. The molecule has 0 unspecified atom stereocenters. The summed E-state index contributed by atoms with van der Waals surface area (Å²) in [4.78, 5) is 48.6. The quantitative estimate of drug-likeness (QED) is 0.263. The van der Waals surface area contributed by atoms with Gasteiger partial charge in [-0.3, -0.25) is 19.2 Å². The topological polar surface area (TPSA) is 162 Å². The van der Waals surface area contributed by atoms with E-state index in [1.807, 2.05) is 0 Å². The highest BCUT2D eigenvalue weighted by atomic mass is 19.1. The summed E-state index contributed by atoms with van der Waals surface area (Å²) in [6, 6.07) is -1.94. The zero-order valence-electron chi connectivity index (χ0n) is 26.5. The number of halogens is 4. The number of hydrogen-bond acceptors (Lipinski definition) is 8. The van der Waals surface area contributed by atoms with Gasteiger partial charge in [0, 0.05) is 53.9 Å². The number of nitrogens with zero attached hydrogens (tertiary/aromatic N) is 4. The summed E-state index contributed by atoms with van der Waals surface area (Å²) in [5.41, 5.74) is 0. The molecule has 4 N–H and O–H groups in total. The first-order valence-corrected chi connectivity index (χ1v) is 14.5. The molecule has 4 saturated heterocycles. The highest BCUT2D eigenvalue weighted by Gasteiger charge is 2.42. The van der Waals surface area contributed by atoms with Crippen molar-refractivity contribution < 1.29 is 57.2 Å². The third-order valence-corrected chi connectivity index (χ3v) is 8.43. The molecule has 0 aromatic carbocycles. The Morgan fingerprint density at radius 1 is 0.432 bits per heavy atom. The van der Waals surface area contributed by atoms with Crippen LogP contribution in [0.1, 0.15) is 55.4 Å². The molecule has 12 nitrogen and oxygen atoms in total. The van der Waals surface area contributed by atoms with Crippen LogP contribution in [0.2, 0.25) is 0 Å². The zero-order valence-corrected chi connectivity index (χ0v) is 26.5. The molecule has 4 aliphatic rings. The highest BCUT2D eigenvalue weighted by Crippen LogP contribution is 2.23. The number of rotatable bonds is 0. The average molecular weight is 645 g/mol. The Kier molecular flexibility index (Phi) is 14.9. The third-order valence-electron chi connectivity index (χ3n) is 8.43. The van der Waals surface area contributed by atoms with E-state index in [0.29, 0.717) is 0 Å². The van der Waals surface area contributed by atoms with E-state index in [1.54, 1.807) is 27.7 Å². The SMILES string of the molecule is CC(=O)N1C[C@@H](O)[C@@H](F)[C@H]1C.CC(=O)N1C[C@@H](O)[C@H](F)[C@H]1C.CC(=O)N1C[C@H](O)[C@@H](F)[C@H]1C.CC(=O)N1C[C@H](O)[C@H](F)[C@H]1C. The molecule has 0 spiro atoms. The van der Waals surface area contributed by atoms with Gasteiger partial charge in [-0.15, -0.1) is 0 Å². The predicted molar refractivity (Wildman–Crippen MR) is 151 cm³/mol. The first kappa shape index (κ1) is 39.5. The minimum Gasteiger partial charge on any atom is -0.388 e. The Morgan fingerprint density at radius 3 is 0.614 bits per heavy atom. The van der Waals surface area contributed by atoms with Crippen LogP contribution in [-0.2, 0) is 19.2 Å². The molecular formula is C28H48F4N4O8. The van der Waals surface area contributed by atoms with Crippen LogP contribution in [-0.4, -0.2) is 163 Å². The second-order valence-electron chi connectivity index (χ2n) is 11.7. The lowest BCUT2D eigenvalue weighted by molar-refractivity contribution is -0.130. The van der Waals surface area contributed by atoms with Crippen molar-refractivity contribution in [2.75, 3.05) is 26.2 Å². The van der Waals surface area contributed by atoms with Crippen LogP contribution in [0.25, 0.3) is 0 Å². The van der Waals surface area contributed by atoms with Crippen molar-refractivity contribution in [3.8, 4) is 0 Å². The minimum atomic E-state index is -1.29. The molecule has 4 heterocycles. The Balaban J connectivity index is 0.000000293. The van der Waals surface area contributed by atoms with Gasteiger partial charge >= 0.3 is 0 Å². The highest BCUT2D eigenvalue weighted by molar-refractivity contribution is 5.75. The standard InChI is InChI=1S/4C7H12FNO2/c4*1-4-7(8)6(11)3-9(4)5(2)10/h4*4,6-7,11H,3H2,1-2H3/t4-,6+,7+;4-,6+,7-;4-,6-,7+;4-,6-,7-/m1111/s1. The largest absolute Gasteiger partial charge is 0.388 e. The van der Waals surface area contributed by atoms with Crippen LogP contribution >= 0.6 is 0 Å². The van der Waals surface area contributed by atoms with Crippen LogP contribution in [0.3, 0.4) is 0 Å². The van der Waals surface area contributed by atoms with Gasteiger partial charge < -0.3 is 40.0 Å². The fourth-order valence-corrected chi connectivity index (χ4v) is 5.51. The van der Waals surface area contributed by atoms with Crippen LogP contribution in [0.5, 0.6) is 0 Å². The van der Waals surface area contributed by atoms with Crippen molar-refractivity contribution >= 4 is 23.6 Å². The van der Waals surface area contributed by atoms with Crippen molar-refractivity contribution in [3.63, 3.8) is 0 Å². The smallest absolute Gasteiger partial charge is 0.219 e. The van der Waals surface area contributed by atoms with Crippen LogP contribution < -0.4 is 0 Å². The maximum Gasteiger partial charge on any atom is 0.219 e. The van der Waals surface area contributed by atoms with Crippen molar-refractivity contribution in [1.29, 1.82) is 0 Å². The molecule has 12 atom stereocenters. The summed E-state index contributed by atoms with van der Waals surface area (Å²) in [5.74, 6) is -0.734. The normalized spacial score (nSPS) is 37.8. The molecule has 4 rings (SSSR count). The molecule has 0 aromatic heterocycles. The average Bonchev–Trinajstić information content (AvgIpc) is 3.56. The van der Waals surface area contributed by atoms with E-state index in [1.165, 1.54) is 47.3 Å². The summed E-state index contributed by atoms with van der Waals surface area (Å²) in [7, 11) is 0. The molecule has 0 bridgehead atoms. The number of carbonyl (C=O) groups excluding carboxylic acids is 4. The monoisotopic (exact) mass is 644 g/mol. The number of β-amino-alcohol motifs (C(OH)–C–C–N with tert-alkyl or cyclic N) is 4. The van der Waals surface area contributed by atoms with E-state index in [4.69, 9.17) is 20.4 Å². The number of likely N-dealkylation sites (tertiary alicyclic amines) is 4. The van der Waals surface area contributed by atoms with E-state index >= 15 is 0 Å². The maximum atomic E-state index is 12.9. The van der Waals surface area contributed by atoms with Crippen LogP contribution in [0, 0.1) is 0 Å². The molecule has 16 heteroatoms. The Labute approximate surface area is 255 Å². The molecule has 4 fully saturated rings. The maximum absolute atomic E-state index is 12.9. The summed E-state index contributed by atoms with van der Waals surface area (Å²) in [6.45, 7) is 12.4. The lowest BCUT2D eigenvalue weighted by Crippen LogP contribution is -2.34. The number of aliphatic hydroxyl groups is 4. The Hall–Kier alpha value is -2.56. The molecule has 4 aliphatic heterocycles. The molecule has 0 radical (unpaired) electrons.